The van der Waals surface area contributed by atoms with E-state index in [1.54, 1.807) is 7.05 Å². The number of thiol groups is 1. The number of hydrogen-bond donors (Lipinski definition) is 2. The van der Waals surface area contributed by atoms with Crippen molar-refractivity contribution < 1.29 is 18.8 Å². The van der Waals surface area contributed by atoms with Gasteiger partial charge in [-0.1, -0.05) is 41.7 Å². The maximum atomic E-state index is 10.1. The summed E-state index contributed by atoms with van der Waals surface area (Å²) in [5, 5.41) is 22.0. The summed E-state index contributed by atoms with van der Waals surface area (Å²) in [5.74, 6) is 1.73. The maximum absolute atomic E-state index is 10.1. The average molecular weight is 526 g/mol. The molecule has 2 aromatic rings. The Kier molecular flexibility index (Phi) is 8.03. The van der Waals surface area contributed by atoms with E-state index < -0.39 is 9.58 Å². The molecule has 2 atom stereocenters. The van der Waals surface area contributed by atoms with Crippen molar-refractivity contribution in [3.05, 3.63) is 58.1 Å². The fourth-order valence-corrected chi connectivity index (χ4v) is 4.98. The van der Waals surface area contributed by atoms with Gasteiger partial charge in [-0.3, -0.25) is 0 Å². The number of ether oxygens (including phenoxy) is 2. The van der Waals surface area contributed by atoms with Crippen molar-refractivity contribution >= 4 is 36.0 Å². The second kappa shape index (κ2) is 10.1. The topological polar surface area (TPSA) is 65.7 Å². The summed E-state index contributed by atoms with van der Waals surface area (Å²) in [7, 11) is 1.62. The first kappa shape index (κ1) is 26.9. The van der Waals surface area contributed by atoms with Gasteiger partial charge in [0.15, 0.2) is 5.75 Å². The van der Waals surface area contributed by atoms with Crippen molar-refractivity contribution in [2.75, 3.05) is 32.7 Å². The lowest BCUT2D eigenvalue weighted by molar-refractivity contribution is -1.09. The van der Waals surface area contributed by atoms with Crippen LogP contribution in [0.5, 0.6) is 11.5 Å². The Hall–Kier alpha value is -1.66. The summed E-state index contributed by atoms with van der Waals surface area (Å²) in [5.41, 5.74) is 1.73. The van der Waals surface area contributed by atoms with Crippen LogP contribution in [-0.4, -0.2) is 52.6 Å². The molecule has 3 rings (SSSR count). The van der Waals surface area contributed by atoms with Crippen LogP contribution in [0.25, 0.3) is 0 Å². The summed E-state index contributed by atoms with van der Waals surface area (Å²) in [6, 6.07) is 13.8. The summed E-state index contributed by atoms with van der Waals surface area (Å²) in [6.45, 7) is 9.84. The predicted octanol–water partition coefficient (Wildman–Crippen LogP) is 5.84. The lowest BCUT2D eigenvalue weighted by Gasteiger charge is -2.55. The van der Waals surface area contributed by atoms with Gasteiger partial charge in [0, 0.05) is 11.3 Å². The van der Waals surface area contributed by atoms with Crippen molar-refractivity contribution in [2.24, 2.45) is 5.92 Å². The number of alkyl halides is 1. The minimum absolute atomic E-state index is 0.232. The molecule has 184 valence electrons. The molecule has 6 nitrogen and oxygen atoms in total. The Bertz CT molecular complexity index is 1060. The van der Waals surface area contributed by atoms with Gasteiger partial charge < -0.3 is 9.47 Å². The summed E-state index contributed by atoms with van der Waals surface area (Å²) >= 11 is 16.4. The number of nitriles is 1. The minimum Gasteiger partial charge on any atom is -0.493 e. The van der Waals surface area contributed by atoms with E-state index in [-0.39, 0.29) is 18.1 Å². The zero-order valence-corrected chi connectivity index (χ0v) is 22.6. The Balaban J connectivity index is 1.72. The van der Waals surface area contributed by atoms with Gasteiger partial charge in [0.05, 0.1) is 35.2 Å². The van der Waals surface area contributed by atoms with Gasteiger partial charge in [-0.2, -0.15) is 10.5 Å². The van der Waals surface area contributed by atoms with E-state index in [0.717, 1.165) is 16.9 Å². The molecule has 2 aromatic carbocycles. The van der Waals surface area contributed by atoms with Crippen LogP contribution in [0.3, 0.4) is 0 Å². The van der Waals surface area contributed by atoms with Gasteiger partial charge in [-0.15, -0.1) is 16.6 Å². The van der Waals surface area contributed by atoms with Crippen molar-refractivity contribution in [1.29, 1.82) is 5.26 Å². The van der Waals surface area contributed by atoms with E-state index in [1.807, 2.05) is 41.4 Å². The van der Waals surface area contributed by atoms with Crippen molar-refractivity contribution in [2.45, 2.75) is 38.6 Å². The Morgan fingerprint density at radius 3 is 2.41 bits per heavy atom. The molecule has 1 heterocycles. The highest BCUT2D eigenvalue weighted by atomic mass is 35.5. The Morgan fingerprint density at radius 1 is 1.24 bits per heavy atom. The molecule has 1 aliphatic rings. The molecule has 9 heteroatoms. The standard InChI is InChI=1S/C25H32Cl2N3O3S/c1-24(2,19-12-17(14-28)23(22(27)13-19)32-11-10-26)18-6-8-21(9-7-18)33-16-20-15-29(25(20,3)4)30(5,31)34/h6-9,12-13,20,31,34H,10-11,15-16H2,1-5H3/q+1. The van der Waals surface area contributed by atoms with Gasteiger partial charge in [-0.25, -0.2) is 0 Å². The van der Waals surface area contributed by atoms with Crippen molar-refractivity contribution in [1.82, 2.24) is 5.01 Å². The van der Waals surface area contributed by atoms with E-state index >= 15 is 0 Å². The highest BCUT2D eigenvalue weighted by Crippen LogP contribution is 2.41. The van der Waals surface area contributed by atoms with E-state index in [0.29, 0.717) is 35.4 Å². The highest BCUT2D eigenvalue weighted by molar-refractivity contribution is 7.74. The number of halogens is 2. The third-order valence-corrected chi connectivity index (χ3v) is 7.40. The number of quaternary nitrogens is 1. The highest BCUT2D eigenvalue weighted by Gasteiger charge is 2.55. The van der Waals surface area contributed by atoms with Crippen LogP contribution in [0.4, 0.5) is 0 Å². The second-order valence-electron chi connectivity index (χ2n) is 9.75. The van der Waals surface area contributed by atoms with Gasteiger partial charge >= 0.3 is 0 Å². The van der Waals surface area contributed by atoms with Crippen LogP contribution >= 0.6 is 36.0 Å². The Morgan fingerprint density at radius 2 is 1.88 bits per heavy atom. The molecule has 0 aromatic heterocycles. The predicted molar refractivity (Wildman–Crippen MR) is 138 cm³/mol. The summed E-state index contributed by atoms with van der Waals surface area (Å²) in [4.78, 5) is 0. The fourth-order valence-electron chi connectivity index (χ4n) is 4.32. The number of hydrogen-bond acceptors (Lipinski definition) is 6. The van der Waals surface area contributed by atoms with Crippen LogP contribution in [0.1, 0.15) is 44.4 Å². The lowest BCUT2D eigenvalue weighted by Crippen LogP contribution is -2.73. The van der Waals surface area contributed by atoms with Crippen LogP contribution in [0.15, 0.2) is 36.4 Å². The summed E-state index contributed by atoms with van der Waals surface area (Å²) in [6.07, 6.45) is 0. The zero-order valence-electron chi connectivity index (χ0n) is 20.2. The zero-order chi connectivity index (χ0) is 25.3. The molecule has 0 radical (unpaired) electrons. The number of rotatable bonds is 9. The van der Waals surface area contributed by atoms with Gasteiger partial charge in [0.2, 0.25) is 0 Å². The first-order valence-corrected chi connectivity index (χ1v) is 12.4. The minimum atomic E-state index is -0.482. The second-order valence-corrected chi connectivity index (χ2v) is 11.3. The van der Waals surface area contributed by atoms with Gasteiger partial charge in [0.25, 0.3) is 0 Å². The first-order valence-electron chi connectivity index (χ1n) is 11.1. The molecular formula is C25H32Cl2N3O3S+. The fraction of sp³-hybridized carbons (Fsp3) is 0.480. The molecule has 0 amide bonds. The van der Waals surface area contributed by atoms with Crippen LogP contribution in [-0.2, 0) is 5.41 Å². The molecular weight excluding hydrogens is 493 g/mol. The van der Waals surface area contributed by atoms with E-state index in [1.165, 1.54) is 0 Å². The number of hydroxylamine groups is 1. The van der Waals surface area contributed by atoms with Gasteiger partial charge in [-0.05, 0) is 49.2 Å². The van der Waals surface area contributed by atoms with Crippen LogP contribution in [0, 0.1) is 17.2 Å². The lowest BCUT2D eigenvalue weighted by atomic mass is 9.77. The van der Waals surface area contributed by atoms with Gasteiger partial charge in [0.1, 0.15) is 38.3 Å². The smallest absolute Gasteiger partial charge is 0.155 e. The largest absolute Gasteiger partial charge is 0.493 e. The molecule has 34 heavy (non-hydrogen) atoms. The molecule has 1 aliphatic heterocycles. The molecule has 2 unspecified atom stereocenters. The molecule has 0 bridgehead atoms. The monoisotopic (exact) mass is 524 g/mol. The third-order valence-electron chi connectivity index (χ3n) is 6.75. The summed E-state index contributed by atoms with van der Waals surface area (Å²) < 4.78 is 11.1. The van der Waals surface area contributed by atoms with Crippen LogP contribution < -0.4 is 9.47 Å². The van der Waals surface area contributed by atoms with Crippen molar-refractivity contribution in [3.63, 3.8) is 0 Å². The third kappa shape index (κ3) is 5.43. The van der Waals surface area contributed by atoms with E-state index in [9.17, 15) is 10.5 Å². The normalized spacial score (nSPS) is 19.6. The molecule has 1 N–H and O–H groups in total. The quantitative estimate of drug-likeness (QED) is 0.186. The van der Waals surface area contributed by atoms with E-state index in [2.05, 4.69) is 46.6 Å². The molecule has 1 saturated heterocycles. The molecule has 0 aliphatic carbocycles. The molecule has 0 spiro atoms. The first-order chi connectivity index (χ1) is 15.8. The molecule has 0 saturated carbocycles. The van der Waals surface area contributed by atoms with E-state index in [4.69, 9.17) is 32.7 Å². The van der Waals surface area contributed by atoms with Crippen molar-refractivity contribution in [3.8, 4) is 17.6 Å². The molecule has 1 fully saturated rings. The number of nitrogens with zero attached hydrogens (tertiary/aromatic N) is 3. The Labute approximate surface area is 217 Å². The van der Waals surface area contributed by atoms with Crippen LogP contribution in [0.2, 0.25) is 5.02 Å². The SMILES string of the molecule is CC(C)(c1ccc(OCC2CN([N+](C)(O)S)C2(C)C)cc1)c1cc(Cl)c(OCCCl)c(C#N)c1. The maximum Gasteiger partial charge on any atom is 0.155 e. The average Bonchev–Trinajstić information content (AvgIpc) is 2.76. The number of benzene rings is 2.